The highest BCUT2D eigenvalue weighted by molar-refractivity contribution is 5.55. The summed E-state index contributed by atoms with van der Waals surface area (Å²) in [5.74, 6) is 0.712. The van der Waals surface area contributed by atoms with Gasteiger partial charge in [0, 0.05) is 20.1 Å². The Bertz CT molecular complexity index is 278. The first-order chi connectivity index (χ1) is 10.7. The van der Waals surface area contributed by atoms with E-state index in [2.05, 4.69) is 6.92 Å². The molecule has 0 bridgehead atoms. The molecule has 130 valence electrons. The third-order valence-corrected chi connectivity index (χ3v) is 4.42. The number of methoxy groups -OCH3 is 2. The molecule has 0 saturated heterocycles. The fraction of sp³-hybridized carbons (Fsp3) is 0.941. The molecule has 3 unspecified atom stereocenters. The van der Waals surface area contributed by atoms with Crippen LogP contribution in [0, 0.1) is 17.8 Å². The van der Waals surface area contributed by atoms with Gasteiger partial charge in [-0.1, -0.05) is 26.2 Å². The zero-order valence-electron chi connectivity index (χ0n) is 14.3. The van der Waals surface area contributed by atoms with Gasteiger partial charge in [0.15, 0.2) is 0 Å². The second-order valence-electron chi connectivity index (χ2n) is 6.34. The van der Waals surface area contributed by atoms with Crippen molar-refractivity contribution in [3.63, 3.8) is 0 Å². The van der Waals surface area contributed by atoms with Gasteiger partial charge in [-0.15, -0.1) is 0 Å². The van der Waals surface area contributed by atoms with Gasteiger partial charge in [0.1, 0.15) is 19.9 Å². The first kappa shape index (κ1) is 19.6. The Hall–Kier alpha value is -0.490. The summed E-state index contributed by atoms with van der Waals surface area (Å²) in [5.41, 5.74) is 0. The van der Waals surface area contributed by atoms with E-state index in [1.54, 1.807) is 14.2 Å². The van der Waals surface area contributed by atoms with Crippen molar-refractivity contribution in [2.75, 3.05) is 34.4 Å². The third-order valence-electron chi connectivity index (χ3n) is 4.42. The summed E-state index contributed by atoms with van der Waals surface area (Å²) in [5, 5.41) is 0. The molecule has 5 heteroatoms. The number of rotatable bonds is 12. The number of carbonyl (C=O) groups is 1. The van der Waals surface area contributed by atoms with Crippen LogP contribution in [-0.2, 0) is 23.7 Å². The molecule has 0 amide bonds. The molecule has 0 spiro atoms. The SMILES string of the molecule is COCOCC(C)CC(OCOC)C(C=O)C1CCCCC1. The Kier molecular flexibility index (Phi) is 10.7. The molecule has 3 atom stereocenters. The van der Waals surface area contributed by atoms with Gasteiger partial charge in [0.05, 0.1) is 12.7 Å². The number of hydrogen-bond acceptors (Lipinski definition) is 5. The summed E-state index contributed by atoms with van der Waals surface area (Å²) >= 11 is 0. The van der Waals surface area contributed by atoms with Crippen LogP contribution in [0.4, 0.5) is 0 Å². The van der Waals surface area contributed by atoms with Crippen molar-refractivity contribution < 1.29 is 23.7 Å². The lowest BCUT2D eigenvalue weighted by molar-refractivity contribution is -0.134. The van der Waals surface area contributed by atoms with Crippen LogP contribution in [0.3, 0.4) is 0 Å². The van der Waals surface area contributed by atoms with E-state index in [1.807, 2.05) is 0 Å². The molecule has 0 aliphatic heterocycles. The summed E-state index contributed by atoms with van der Waals surface area (Å²) in [7, 11) is 3.22. The standard InChI is InChI=1S/C17H32O5/c1-14(11-21-12-19-2)9-17(22-13-20-3)16(10-18)15-7-5-4-6-8-15/h10,14-17H,4-9,11-13H2,1-3H3. The van der Waals surface area contributed by atoms with Gasteiger partial charge < -0.3 is 23.7 Å². The molecule has 0 radical (unpaired) electrons. The minimum atomic E-state index is -0.0957. The average Bonchev–Trinajstić information content (AvgIpc) is 2.54. The Labute approximate surface area is 134 Å². The van der Waals surface area contributed by atoms with Gasteiger partial charge in [0.25, 0.3) is 0 Å². The summed E-state index contributed by atoms with van der Waals surface area (Å²) < 4.78 is 21.2. The quantitative estimate of drug-likeness (QED) is 0.315. The average molecular weight is 316 g/mol. The highest BCUT2D eigenvalue weighted by Gasteiger charge is 2.32. The Morgan fingerprint density at radius 1 is 1.09 bits per heavy atom. The number of aldehydes is 1. The first-order valence-corrected chi connectivity index (χ1v) is 8.35. The molecular weight excluding hydrogens is 284 g/mol. The van der Waals surface area contributed by atoms with Crippen LogP contribution in [0.1, 0.15) is 45.4 Å². The van der Waals surface area contributed by atoms with Crippen LogP contribution in [0.15, 0.2) is 0 Å². The monoisotopic (exact) mass is 316 g/mol. The molecule has 0 N–H and O–H groups in total. The predicted molar refractivity (Wildman–Crippen MR) is 84.5 cm³/mol. The van der Waals surface area contributed by atoms with E-state index in [-0.39, 0.29) is 18.8 Å². The third kappa shape index (κ3) is 7.18. The van der Waals surface area contributed by atoms with Crippen molar-refractivity contribution in [1.29, 1.82) is 0 Å². The largest absolute Gasteiger partial charge is 0.359 e. The van der Waals surface area contributed by atoms with Crippen molar-refractivity contribution >= 4 is 6.29 Å². The van der Waals surface area contributed by atoms with Gasteiger partial charge in [0.2, 0.25) is 0 Å². The maximum atomic E-state index is 11.7. The van der Waals surface area contributed by atoms with Gasteiger partial charge in [-0.25, -0.2) is 0 Å². The van der Waals surface area contributed by atoms with Gasteiger partial charge in [-0.3, -0.25) is 0 Å². The lowest BCUT2D eigenvalue weighted by Crippen LogP contribution is -2.35. The zero-order valence-corrected chi connectivity index (χ0v) is 14.3. The van der Waals surface area contributed by atoms with Crippen LogP contribution in [0.25, 0.3) is 0 Å². The van der Waals surface area contributed by atoms with E-state index in [1.165, 1.54) is 19.3 Å². The fourth-order valence-electron chi connectivity index (χ4n) is 3.31. The molecule has 0 aromatic carbocycles. The summed E-state index contributed by atoms with van der Waals surface area (Å²) in [6.07, 6.45) is 7.78. The van der Waals surface area contributed by atoms with Crippen molar-refractivity contribution in [1.82, 2.24) is 0 Å². The van der Waals surface area contributed by atoms with Crippen LogP contribution in [0.5, 0.6) is 0 Å². The van der Waals surface area contributed by atoms with E-state index in [0.29, 0.717) is 25.2 Å². The molecule has 5 nitrogen and oxygen atoms in total. The van der Waals surface area contributed by atoms with Crippen LogP contribution < -0.4 is 0 Å². The maximum Gasteiger partial charge on any atom is 0.146 e. The Morgan fingerprint density at radius 2 is 1.77 bits per heavy atom. The highest BCUT2D eigenvalue weighted by Crippen LogP contribution is 2.33. The van der Waals surface area contributed by atoms with E-state index < -0.39 is 0 Å². The fourth-order valence-corrected chi connectivity index (χ4v) is 3.31. The van der Waals surface area contributed by atoms with E-state index in [0.717, 1.165) is 25.5 Å². The Morgan fingerprint density at radius 3 is 2.36 bits per heavy atom. The summed E-state index contributed by atoms with van der Waals surface area (Å²) in [6.45, 7) is 3.25. The minimum Gasteiger partial charge on any atom is -0.359 e. The van der Waals surface area contributed by atoms with Gasteiger partial charge in [-0.05, 0) is 31.1 Å². The van der Waals surface area contributed by atoms with Crippen molar-refractivity contribution in [2.45, 2.75) is 51.6 Å². The lowest BCUT2D eigenvalue weighted by Gasteiger charge is -2.33. The molecule has 1 rings (SSSR count). The van der Waals surface area contributed by atoms with Crippen molar-refractivity contribution in [3.05, 3.63) is 0 Å². The smallest absolute Gasteiger partial charge is 0.146 e. The van der Waals surface area contributed by atoms with Crippen LogP contribution in [-0.4, -0.2) is 46.8 Å². The molecule has 1 aliphatic rings. The second kappa shape index (κ2) is 12.0. The lowest BCUT2D eigenvalue weighted by atomic mass is 9.76. The molecule has 0 heterocycles. The van der Waals surface area contributed by atoms with Gasteiger partial charge in [-0.2, -0.15) is 0 Å². The molecule has 0 aromatic rings. The van der Waals surface area contributed by atoms with E-state index >= 15 is 0 Å². The maximum absolute atomic E-state index is 11.7. The molecule has 0 aromatic heterocycles. The van der Waals surface area contributed by atoms with Crippen molar-refractivity contribution in [3.8, 4) is 0 Å². The number of ether oxygens (including phenoxy) is 4. The first-order valence-electron chi connectivity index (χ1n) is 8.35. The zero-order chi connectivity index (χ0) is 16.2. The van der Waals surface area contributed by atoms with E-state index in [4.69, 9.17) is 18.9 Å². The molecule has 1 fully saturated rings. The van der Waals surface area contributed by atoms with Crippen LogP contribution in [0.2, 0.25) is 0 Å². The Balaban J connectivity index is 2.56. The number of hydrogen-bond donors (Lipinski definition) is 0. The topological polar surface area (TPSA) is 54.0 Å². The van der Waals surface area contributed by atoms with E-state index in [9.17, 15) is 4.79 Å². The molecule has 1 saturated carbocycles. The minimum absolute atomic E-state index is 0.0414. The van der Waals surface area contributed by atoms with Crippen LogP contribution >= 0.6 is 0 Å². The summed E-state index contributed by atoms with van der Waals surface area (Å²) in [4.78, 5) is 11.7. The predicted octanol–water partition coefficient (Wildman–Crippen LogP) is 3.02. The van der Waals surface area contributed by atoms with Gasteiger partial charge >= 0.3 is 0 Å². The van der Waals surface area contributed by atoms with Crippen molar-refractivity contribution in [2.24, 2.45) is 17.8 Å². The molecule has 22 heavy (non-hydrogen) atoms. The highest BCUT2D eigenvalue weighted by atomic mass is 16.7. The number of carbonyl (C=O) groups excluding carboxylic acids is 1. The normalized spacial score (nSPS) is 20.5. The second-order valence-corrected chi connectivity index (χ2v) is 6.34. The molecule has 1 aliphatic carbocycles. The molecular formula is C17H32O5. The summed E-state index contributed by atoms with van der Waals surface area (Å²) in [6, 6.07) is 0.